The molecule has 0 saturated carbocycles. The van der Waals surface area contributed by atoms with Crippen molar-refractivity contribution < 1.29 is 66.7 Å². The van der Waals surface area contributed by atoms with E-state index in [1.807, 2.05) is 0 Å². The largest absolute Gasteiger partial charge is 0.513 e. The highest BCUT2D eigenvalue weighted by Gasteiger charge is 2.15. The number of hydrogen-bond donors (Lipinski definition) is 0. The Morgan fingerprint density at radius 3 is 1.36 bits per heavy atom. The van der Waals surface area contributed by atoms with Crippen molar-refractivity contribution in [1.82, 2.24) is 0 Å². The van der Waals surface area contributed by atoms with Gasteiger partial charge in [0.15, 0.2) is 0 Å². The van der Waals surface area contributed by atoms with E-state index >= 15 is 0 Å². The van der Waals surface area contributed by atoms with E-state index in [2.05, 4.69) is 22.6 Å². The number of carbonyl (C=O) groups excluding carboxylic acids is 6. The van der Waals surface area contributed by atoms with E-state index in [0.29, 0.717) is 5.56 Å². The Balaban J connectivity index is 1.46. The first kappa shape index (κ1) is 35.0. The van der Waals surface area contributed by atoms with Crippen molar-refractivity contribution in [3.63, 3.8) is 0 Å². The van der Waals surface area contributed by atoms with E-state index < -0.39 is 36.2 Å². The summed E-state index contributed by atoms with van der Waals surface area (Å²) in [6, 6.07) is 15.4. The van der Waals surface area contributed by atoms with E-state index in [9.17, 15) is 28.8 Å². The molecule has 0 amide bonds. The molecule has 14 heteroatoms. The predicted molar refractivity (Wildman–Crippen MR) is 160 cm³/mol. The maximum absolute atomic E-state index is 12.6. The van der Waals surface area contributed by atoms with Crippen LogP contribution in [0.2, 0.25) is 0 Å². The lowest BCUT2D eigenvalue weighted by Crippen LogP contribution is -2.16. The van der Waals surface area contributed by atoms with E-state index in [-0.39, 0.29) is 60.6 Å². The second-order valence-electron chi connectivity index (χ2n) is 8.90. The van der Waals surface area contributed by atoms with Gasteiger partial charge in [0, 0.05) is 12.2 Å². The molecule has 0 N–H and O–H groups in total. The average Bonchev–Trinajstić information content (AvgIpc) is 3.06. The lowest BCUT2D eigenvalue weighted by Gasteiger charge is -2.11. The van der Waals surface area contributed by atoms with Crippen LogP contribution >= 0.6 is 0 Å². The van der Waals surface area contributed by atoms with Crippen molar-refractivity contribution in [3.05, 3.63) is 109 Å². The Morgan fingerprint density at radius 2 is 0.936 bits per heavy atom. The molecule has 0 atom stereocenters. The number of esters is 4. The van der Waals surface area contributed by atoms with Gasteiger partial charge in [0.25, 0.3) is 0 Å². The van der Waals surface area contributed by atoms with Crippen molar-refractivity contribution in [3.8, 4) is 23.0 Å². The van der Waals surface area contributed by atoms with Gasteiger partial charge in [-0.1, -0.05) is 13.2 Å². The van der Waals surface area contributed by atoms with Gasteiger partial charge in [-0.3, -0.25) is 0 Å². The fourth-order valence-corrected chi connectivity index (χ4v) is 3.35. The molecule has 0 spiro atoms. The lowest BCUT2D eigenvalue weighted by atomic mass is 10.2. The molecule has 0 saturated heterocycles. The zero-order valence-corrected chi connectivity index (χ0v) is 25.0. The summed E-state index contributed by atoms with van der Waals surface area (Å²) >= 11 is 0. The summed E-state index contributed by atoms with van der Waals surface area (Å²) in [5.41, 5.74) is 0.809. The highest BCUT2D eigenvalue weighted by molar-refractivity contribution is 5.92. The Bertz CT molecular complexity index is 1620. The molecule has 0 heterocycles. The number of benzene rings is 3. The summed E-state index contributed by atoms with van der Waals surface area (Å²) in [6.45, 7) is 7.36. The third kappa shape index (κ3) is 11.9. The topological polar surface area (TPSA) is 176 Å². The molecule has 3 rings (SSSR count). The van der Waals surface area contributed by atoms with Crippen LogP contribution in [0.15, 0.2) is 92.0 Å². The first-order chi connectivity index (χ1) is 22.6. The molecule has 3 aromatic rings. The van der Waals surface area contributed by atoms with Gasteiger partial charge in [0.05, 0.1) is 11.1 Å². The van der Waals surface area contributed by atoms with Gasteiger partial charge in [0.1, 0.15) is 49.4 Å². The van der Waals surface area contributed by atoms with Crippen molar-refractivity contribution in [2.24, 2.45) is 0 Å². The molecule has 14 nitrogen and oxygen atoms in total. The summed E-state index contributed by atoms with van der Waals surface area (Å²) in [5, 5.41) is 0. The molecule has 0 unspecified atom stereocenters. The maximum Gasteiger partial charge on any atom is 0.513 e. The van der Waals surface area contributed by atoms with Crippen molar-refractivity contribution in [1.29, 1.82) is 0 Å². The summed E-state index contributed by atoms with van der Waals surface area (Å²) in [5.74, 6) is -2.11. The highest BCUT2D eigenvalue weighted by Crippen LogP contribution is 2.26. The van der Waals surface area contributed by atoms with Crippen LogP contribution in [0.4, 0.5) is 9.59 Å². The van der Waals surface area contributed by atoms with Crippen LogP contribution in [0.5, 0.6) is 23.0 Å². The Kier molecular flexibility index (Phi) is 13.2. The molecule has 0 aliphatic heterocycles. The number of carbonyl (C=O) groups is 6. The predicted octanol–water partition coefficient (Wildman–Crippen LogP) is 4.92. The van der Waals surface area contributed by atoms with E-state index in [4.69, 9.17) is 28.4 Å². The number of hydrogen-bond acceptors (Lipinski definition) is 14. The van der Waals surface area contributed by atoms with Crippen LogP contribution in [-0.2, 0) is 28.5 Å². The minimum atomic E-state index is -1.03. The van der Waals surface area contributed by atoms with Crippen LogP contribution in [0.1, 0.15) is 26.3 Å². The summed E-state index contributed by atoms with van der Waals surface area (Å²) < 4.78 is 39.7. The molecular weight excluding hydrogens is 620 g/mol. The molecule has 244 valence electrons. The Morgan fingerprint density at radius 1 is 0.532 bits per heavy atom. The first-order valence-electron chi connectivity index (χ1n) is 13.6. The van der Waals surface area contributed by atoms with Gasteiger partial charge in [-0.25, -0.2) is 28.8 Å². The number of rotatable bonds is 14. The molecule has 47 heavy (non-hydrogen) atoms. The Labute approximate surface area is 268 Å². The van der Waals surface area contributed by atoms with Crippen molar-refractivity contribution >= 4 is 36.2 Å². The molecule has 0 aliphatic rings. The minimum absolute atomic E-state index is 0.0991. The monoisotopic (exact) mass is 648 g/mol. The summed E-state index contributed by atoms with van der Waals surface area (Å²) in [6.07, 6.45) is -0.110. The minimum Gasteiger partial charge on any atom is -0.459 e. The number of aryl methyl sites for hydroxylation is 1. The standard InChI is InChI=1S/C33H28O14/c1-4-28(34)40-16-18-42-32(38)45-24-10-6-22(7-11-24)30(36)44-26-14-15-27(21(3)20-26)47-31(37)23-8-12-25(13-9-23)46-33(39)43-19-17-41-29(35)5-2/h4-15,20H,1-2,16-19H2,3H3. The molecular formula is C33H28O14. The zero-order valence-electron chi connectivity index (χ0n) is 25.0. The fraction of sp³-hybridized carbons (Fsp3) is 0.152. The van der Waals surface area contributed by atoms with E-state index in [1.54, 1.807) is 6.92 Å². The normalized spacial score (nSPS) is 9.98. The van der Waals surface area contributed by atoms with Gasteiger partial charge < -0.3 is 37.9 Å². The van der Waals surface area contributed by atoms with Crippen LogP contribution in [0, 0.1) is 6.92 Å². The SMILES string of the molecule is C=CC(=O)OCCOC(=O)Oc1ccc(C(=O)Oc2ccc(OC(=O)c3ccc(OC(=O)OCCOC(=O)C=C)cc3)c(C)c2)cc1. The van der Waals surface area contributed by atoms with Crippen molar-refractivity contribution in [2.75, 3.05) is 26.4 Å². The third-order valence-corrected chi connectivity index (χ3v) is 5.57. The highest BCUT2D eigenvalue weighted by atomic mass is 16.7. The van der Waals surface area contributed by atoms with Gasteiger partial charge >= 0.3 is 36.2 Å². The average molecular weight is 649 g/mol. The lowest BCUT2D eigenvalue weighted by molar-refractivity contribution is -0.139. The van der Waals surface area contributed by atoms with Gasteiger partial charge in [-0.05, 0) is 79.2 Å². The molecule has 0 aliphatic carbocycles. The van der Waals surface area contributed by atoms with Crippen LogP contribution in [-0.4, -0.2) is 62.6 Å². The molecule has 0 radical (unpaired) electrons. The zero-order chi connectivity index (χ0) is 34.2. The summed E-state index contributed by atoms with van der Waals surface area (Å²) in [4.78, 5) is 70.6. The third-order valence-electron chi connectivity index (χ3n) is 5.57. The second-order valence-corrected chi connectivity index (χ2v) is 8.90. The number of ether oxygens (including phenoxy) is 8. The van der Waals surface area contributed by atoms with Crippen LogP contribution in [0.25, 0.3) is 0 Å². The van der Waals surface area contributed by atoms with E-state index in [1.165, 1.54) is 66.7 Å². The molecule has 0 fully saturated rings. The van der Waals surface area contributed by atoms with Gasteiger partial charge in [-0.15, -0.1) is 0 Å². The summed E-state index contributed by atoms with van der Waals surface area (Å²) in [7, 11) is 0. The van der Waals surface area contributed by atoms with E-state index in [0.717, 1.165) is 12.2 Å². The molecule has 0 aromatic heterocycles. The fourth-order valence-electron chi connectivity index (χ4n) is 3.35. The second kappa shape index (κ2) is 17.8. The van der Waals surface area contributed by atoms with Gasteiger partial charge in [0.2, 0.25) is 0 Å². The Hall–Kier alpha value is -6.44. The molecule has 3 aromatic carbocycles. The van der Waals surface area contributed by atoms with Gasteiger partial charge in [-0.2, -0.15) is 0 Å². The smallest absolute Gasteiger partial charge is 0.459 e. The quantitative estimate of drug-likeness (QED) is 0.0574. The van der Waals surface area contributed by atoms with Crippen LogP contribution in [0.3, 0.4) is 0 Å². The van der Waals surface area contributed by atoms with Crippen LogP contribution < -0.4 is 18.9 Å². The molecule has 0 bridgehead atoms. The first-order valence-corrected chi connectivity index (χ1v) is 13.6. The maximum atomic E-state index is 12.6. The van der Waals surface area contributed by atoms with Crippen molar-refractivity contribution in [2.45, 2.75) is 6.92 Å².